The Bertz CT molecular complexity index is 484. The number of halogens is 1. The molecule has 1 atom stereocenters. The van der Waals surface area contributed by atoms with Crippen LogP contribution in [0.15, 0.2) is 34.2 Å². The zero-order chi connectivity index (χ0) is 11.5. The third kappa shape index (κ3) is 2.26. The Kier molecular flexibility index (Phi) is 3.58. The first-order valence-electron chi connectivity index (χ1n) is 4.84. The SMILES string of the molecule is CNC(c1cc(Br)cs1)c1cccnc1N. The summed E-state index contributed by atoms with van der Waals surface area (Å²) in [5, 5.41) is 5.32. The highest BCUT2D eigenvalue weighted by Gasteiger charge is 2.16. The van der Waals surface area contributed by atoms with Crippen LogP contribution in [0, 0.1) is 0 Å². The van der Waals surface area contributed by atoms with Gasteiger partial charge in [0, 0.05) is 26.5 Å². The van der Waals surface area contributed by atoms with Crippen LogP contribution in [0.1, 0.15) is 16.5 Å². The molecule has 0 saturated carbocycles. The van der Waals surface area contributed by atoms with Crippen LogP contribution in [0.4, 0.5) is 5.82 Å². The highest BCUT2D eigenvalue weighted by atomic mass is 79.9. The van der Waals surface area contributed by atoms with Crippen molar-refractivity contribution in [2.24, 2.45) is 0 Å². The first-order chi connectivity index (χ1) is 7.72. The van der Waals surface area contributed by atoms with Gasteiger partial charge in [0.05, 0.1) is 6.04 Å². The zero-order valence-electron chi connectivity index (χ0n) is 8.77. The summed E-state index contributed by atoms with van der Waals surface area (Å²) in [4.78, 5) is 5.33. The van der Waals surface area contributed by atoms with Crippen LogP contribution in [0.5, 0.6) is 0 Å². The lowest BCUT2D eigenvalue weighted by molar-refractivity contribution is 0.703. The van der Waals surface area contributed by atoms with Gasteiger partial charge >= 0.3 is 0 Å². The number of hydrogen-bond acceptors (Lipinski definition) is 4. The monoisotopic (exact) mass is 297 g/mol. The van der Waals surface area contributed by atoms with E-state index in [0.29, 0.717) is 5.82 Å². The molecule has 2 aromatic rings. The van der Waals surface area contributed by atoms with E-state index in [0.717, 1.165) is 10.0 Å². The number of nitrogens with two attached hydrogens (primary N) is 1. The second-order valence-electron chi connectivity index (χ2n) is 3.37. The molecule has 2 heterocycles. The van der Waals surface area contributed by atoms with Gasteiger partial charge in [-0.15, -0.1) is 11.3 Å². The summed E-state index contributed by atoms with van der Waals surface area (Å²) in [6, 6.07) is 6.10. The van der Waals surface area contributed by atoms with E-state index in [1.54, 1.807) is 17.5 Å². The second kappa shape index (κ2) is 4.95. The van der Waals surface area contributed by atoms with Crippen LogP contribution in [0.25, 0.3) is 0 Å². The van der Waals surface area contributed by atoms with Crippen molar-refractivity contribution >= 4 is 33.1 Å². The van der Waals surface area contributed by atoms with Gasteiger partial charge in [-0.1, -0.05) is 6.07 Å². The van der Waals surface area contributed by atoms with E-state index in [-0.39, 0.29) is 6.04 Å². The van der Waals surface area contributed by atoms with Crippen LogP contribution in [0.3, 0.4) is 0 Å². The fourth-order valence-electron chi connectivity index (χ4n) is 1.60. The van der Waals surface area contributed by atoms with E-state index >= 15 is 0 Å². The lowest BCUT2D eigenvalue weighted by atomic mass is 10.1. The molecular weight excluding hydrogens is 286 g/mol. The number of anilines is 1. The van der Waals surface area contributed by atoms with Crippen molar-refractivity contribution < 1.29 is 0 Å². The highest BCUT2D eigenvalue weighted by Crippen LogP contribution is 2.31. The average Bonchev–Trinajstić information content (AvgIpc) is 2.69. The number of pyridine rings is 1. The Hall–Kier alpha value is -0.910. The minimum atomic E-state index is 0.102. The van der Waals surface area contributed by atoms with E-state index in [2.05, 4.69) is 37.7 Å². The van der Waals surface area contributed by atoms with Gasteiger partial charge in [-0.25, -0.2) is 4.98 Å². The number of thiophene rings is 1. The molecule has 0 fully saturated rings. The van der Waals surface area contributed by atoms with E-state index in [1.807, 2.05) is 19.2 Å². The lowest BCUT2D eigenvalue weighted by Crippen LogP contribution is -2.18. The van der Waals surface area contributed by atoms with Gasteiger partial charge in [0.2, 0.25) is 0 Å². The maximum atomic E-state index is 5.88. The number of nitrogens with one attached hydrogen (secondary N) is 1. The summed E-state index contributed by atoms with van der Waals surface area (Å²) < 4.78 is 1.09. The highest BCUT2D eigenvalue weighted by molar-refractivity contribution is 9.10. The molecular formula is C11H12BrN3S. The molecule has 0 aliphatic carbocycles. The van der Waals surface area contributed by atoms with E-state index < -0.39 is 0 Å². The summed E-state index contributed by atoms with van der Waals surface area (Å²) in [6.45, 7) is 0. The fraction of sp³-hybridized carbons (Fsp3) is 0.182. The molecule has 3 nitrogen and oxygen atoms in total. The third-order valence-electron chi connectivity index (χ3n) is 2.34. The van der Waals surface area contributed by atoms with Crippen molar-refractivity contribution in [1.29, 1.82) is 0 Å². The van der Waals surface area contributed by atoms with Gasteiger partial charge in [0.25, 0.3) is 0 Å². The van der Waals surface area contributed by atoms with Crippen LogP contribution < -0.4 is 11.1 Å². The summed E-state index contributed by atoms with van der Waals surface area (Å²) in [7, 11) is 1.92. The molecule has 0 aliphatic rings. The molecule has 84 valence electrons. The number of hydrogen-bond donors (Lipinski definition) is 2. The largest absolute Gasteiger partial charge is 0.383 e. The van der Waals surface area contributed by atoms with Crippen LogP contribution in [-0.2, 0) is 0 Å². The minimum Gasteiger partial charge on any atom is -0.383 e. The molecule has 5 heteroatoms. The fourth-order valence-corrected chi connectivity index (χ4v) is 3.18. The molecule has 0 aromatic carbocycles. The molecule has 0 radical (unpaired) electrons. The summed E-state index contributed by atoms with van der Waals surface area (Å²) in [5.41, 5.74) is 6.90. The quantitative estimate of drug-likeness (QED) is 0.916. The number of aromatic nitrogens is 1. The molecule has 0 bridgehead atoms. The van der Waals surface area contributed by atoms with E-state index in [4.69, 9.17) is 5.73 Å². The standard InChI is InChI=1S/C11H12BrN3S/c1-14-10(9-5-7(12)6-16-9)8-3-2-4-15-11(8)13/h2-6,10,14H,1H3,(H2,13,15). The molecule has 3 N–H and O–H groups in total. The van der Waals surface area contributed by atoms with Gasteiger partial charge in [-0.05, 0) is 35.1 Å². The summed E-state index contributed by atoms with van der Waals surface area (Å²) in [6.07, 6.45) is 1.70. The first-order valence-corrected chi connectivity index (χ1v) is 6.51. The second-order valence-corrected chi connectivity index (χ2v) is 5.23. The molecule has 0 saturated heterocycles. The summed E-state index contributed by atoms with van der Waals surface area (Å²) >= 11 is 5.15. The van der Waals surface area contributed by atoms with Gasteiger partial charge in [0.1, 0.15) is 5.82 Å². The maximum Gasteiger partial charge on any atom is 0.128 e. The maximum absolute atomic E-state index is 5.88. The first kappa shape index (κ1) is 11.6. The third-order valence-corrected chi connectivity index (χ3v) is 4.10. The molecule has 0 spiro atoms. The Morgan fingerprint density at radius 1 is 1.56 bits per heavy atom. The van der Waals surface area contributed by atoms with E-state index in [9.17, 15) is 0 Å². The van der Waals surface area contributed by atoms with Crippen molar-refractivity contribution in [2.45, 2.75) is 6.04 Å². The predicted molar refractivity (Wildman–Crippen MR) is 71.6 cm³/mol. The normalized spacial score (nSPS) is 12.6. The number of nitrogens with zero attached hydrogens (tertiary/aromatic N) is 1. The molecule has 0 amide bonds. The number of rotatable bonds is 3. The van der Waals surface area contributed by atoms with Crippen LogP contribution >= 0.6 is 27.3 Å². The molecule has 2 aromatic heterocycles. The van der Waals surface area contributed by atoms with Gasteiger partial charge in [-0.3, -0.25) is 0 Å². The smallest absolute Gasteiger partial charge is 0.128 e. The Labute approximate surface area is 107 Å². The Morgan fingerprint density at radius 2 is 2.38 bits per heavy atom. The molecule has 16 heavy (non-hydrogen) atoms. The molecule has 2 rings (SSSR count). The molecule has 1 unspecified atom stereocenters. The van der Waals surface area contributed by atoms with Crippen molar-refractivity contribution in [1.82, 2.24) is 10.3 Å². The van der Waals surface area contributed by atoms with Crippen LogP contribution in [-0.4, -0.2) is 12.0 Å². The lowest BCUT2D eigenvalue weighted by Gasteiger charge is -2.16. The average molecular weight is 298 g/mol. The molecule has 0 aliphatic heterocycles. The summed E-state index contributed by atoms with van der Waals surface area (Å²) in [5.74, 6) is 0.575. The number of nitrogen functional groups attached to an aromatic ring is 1. The van der Waals surface area contributed by atoms with Gasteiger partial charge in [-0.2, -0.15) is 0 Å². The van der Waals surface area contributed by atoms with Crippen molar-refractivity contribution in [3.05, 3.63) is 44.7 Å². The topological polar surface area (TPSA) is 50.9 Å². The van der Waals surface area contributed by atoms with Gasteiger partial charge < -0.3 is 11.1 Å². The zero-order valence-corrected chi connectivity index (χ0v) is 11.2. The van der Waals surface area contributed by atoms with Gasteiger partial charge in [0.15, 0.2) is 0 Å². The van der Waals surface area contributed by atoms with Crippen molar-refractivity contribution in [2.75, 3.05) is 12.8 Å². The Morgan fingerprint density at radius 3 is 2.94 bits per heavy atom. The van der Waals surface area contributed by atoms with Crippen LogP contribution in [0.2, 0.25) is 0 Å². The van der Waals surface area contributed by atoms with Crippen molar-refractivity contribution in [3.8, 4) is 0 Å². The minimum absolute atomic E-state index is 0.102. The van der Waals surface area contributed by atoms with E-state index in [1.165, 1.54) is 4.88 Å². The predicted octanol–water partition coefficient (Wildman–Crippen LogP) is 2.80. The Balaban J connectivity index is 2.40. The van der Waals surface area contributed by atoms with Crippen molar-refractivity contribution in [3.63, 3.8) is 0 Å².